The second kappa shape index (κ2) is 5.08. The minimum absolute atomic E-state index is 0.135. The van der Waals surface area contributed by atoms with Crippen molar-refractivity contribution < 1.29 is 4.39 Å². The van der Waals surface area contributed by atoms with Gasteiger partial charge >= 0.3 is 0 Å². The van der Waals surface area contributed by atoms with Crippen LogP contribution in [0.1, 0.15) is 25.2 Å². The van der Waals surface area contributed by atoms with Gasteiger partial charge in [0, 0.05) is 6.21 Å². The maximum absolute atomic E-state index is 13.7. The third-order valence-corrected chi connectivity index (χ3v) is 3.19. The molecule has 0 spiro atoms. The number of allylic oxidation sites excluding steroid dienone is 2. The molecule has 3 N–H and O–H groups in total. The Kier molecular flexibility index (Phi) is 3.25. The van der Waals surface area contributed by atoms with Gasteiger partial charge in [-0.25, -0.2) is 14.4 Å². The van der Waals surface area contributed by atoms with Crippen LogP contribution in [0.4, 0.5) is 10.1 Å². The molecule has 1 aromatic rings. The van der Waals surface area contributed by atoms with Crippen LogP contribution in [0, 0.1) is 5.92 Å². The summed E-state index contributed by atoms with van der Waals surface area (Å²) in [6.07, 6.45) is 4.95. The maximum Gasteiger partial charge on any atom is 0.161 e. The lowest BCUT2D eigenvalue weighted by molar-refractivity contribution is 0.666. The van der Waals surface area contributed by atoms with Gasteiger partial charge in [-0.2, -0.15) is 5.10 Å². The fourth-order valence-electron chi connectivity index (χ4n) is 2.22. The number of H-pyrrole nitrogens is 1. The molecule has 6 nitrogen and oxygen atoms in total. The Morgan fingerprint density at radius 1 is 1.33 bits per heavy atom. The zero-order chi connectivity index (χ0) is 15.0. The molecule has 1 aromatic heterocycles. The maximum atomic E-state index is 13.7. The highest BCUT2D eigenvalue weighted by atomic mass is 19.1. The van der Waals surface area contributed by atoms with Gasteiger partial charge in [-0.3, -0.25) is 10.1 Å². The lowest BCUT2D eigenvalue weighted by atomic mass is 10.1. The van der Waals surface area contributed by atoms with Gasteiger partial charge in [-0.15, -0.1) is 0 Å². The van der Waals surface area contributed by atoms with Crippen molar-refractivity contribution in [3.63, 3.8) is 0 Å². The van der Waals surface area contributed by atoms with E-state index in [1.54, 1.807) is 6.21 Å². The molecule has 2 aliphatic heterocycles. The topological polar surface area (TPSA) is 91.8 Å². The molecule has 2 aliphatic rings. The van der Waals surface area contributed by atoms with Crippen molar-refractivity contribution in [1.29, 1.82) is 0 Å². The Bertz CT molecular complexity index is 735. The first-order chi connectivity index (χ1) is 10.0. The van der Waals surface area contributed by atoms with Gasteiger partial charge in [0.1, 0.15) is 11.4 Å². The second-order valence-corrected chi connectivity index (χ2v) is 5.05. The number of aromatic amines is 1. The van der Waals surface area contributed by atoms with E-state index in [0.717, 1.165) is 11.4 Å². The fraction of sp³-hybridized carbons (Fsp3) is 0.286. The van der Waals surface area contributed by atoms with Gasteiger partial charge in [0.05, 0.1) is 23.6 Å². The number of aliphatic imine (C=N–C) groups is 3. The Labute approximate surface area is 121 Å². The molecule has 0 fully saturated rings. The Morgan fingerprint density at radius 2 is 2.14 bits per heavy atom. The van der Waals surface area contributed by atoms with Crippen molar-refractivity contribution in [2.75, 3.05) is 0 Å². The van der Waals surface area contributed by atoms with Crippen molar-refractivity contribution in [2.24, 2.45) is 26.6 Å². The minimum Gasteiger partial charge on any atom is -0.381 e. The number of nitrogens with one attached hydrogen (secondary N) is 1. The van der Waals surface area contributed by atoms with E-state index in [1.807, 2.05) is 19.9 Å². The number of nitrogens with two attached hydrogens (primary N) is 1. The number of hydrogen-bond acceptors (Lipinski definition) is 5. The molecule has 1 atom stereocenters. The van der Waals surface area contributed by atoms with Crippen LogP contribution in [0.5, 0.6) is 0 Å². The summed E-state index contributed by atoms with van der Waals surface area (Å²) >= 11 is 0. The molecule has 3 heterocycles. The summed E-state index contributed by atoms with van der Waals surface area (Å²) < 4.78 is 13.7. The average Bonchev–Trinajstić information content (AvgIpc) is 2.63. The van der Waals surface area contributed by atoms with Crippen LogP contribution >= 0.6 is 0 Å². The third-order valence-electron chi connectivity index (χ3n) is 3.19. The van der Waals surface area contributed by atoms with Crippen LogP contribution in [-0.2, 0) is 6.54 Å². The van der Waals surface area contributed by atoms with Crippen molar-refractivity contribution in [1.82, 2.24) is 10.2 Å². The number of nitrogens with zero attached hydrogens (tertiary/aromatic N) is 4. The van der Waals surface area contributed by atoms with Crippen molar-refractivity contribution in [2.45, 2.75) is 20.4 Å². The lowest BCUT2D eigenvalue weighted by Gasteiger charge is -2.02. The normalized spacial score (nSPS) is 21.6. The summed E-state index contributed by atoms with van der Waals surface area (Å²) in [5, 5.41) is 7.16. The van der Waals surface area contributed by atoms with Gasteiger partial charge in [0.2, 0.25) is 0 Å². The zero-order valence-electron chi connectivity index (χ0n) is 11.8. The molecule has 0 amide bonds. The number of amidine groups is 1. The van der Waals surface area contributed by atoms with Crippen LogP contribution in [0.25, 0.3) is 5.70 Å². The molecule has 0 saturated carbocycles. The summed E-state index contributed by atoms with van der Waals surface area (Å²) in [7, 11) is 0. The number of fused-ring (bicyclic) bond motifs is 1. The Hall–Kier alpha value is -2.57. The van der Waals surface area contributed by atoms with Crippen LogP contribution in [0.15, 0.2) is 33.0 Å². The highest BCUT2D eigenvalue weighted by Gasteiger charge is 2.20. The smallest absolute Gasteiger partial charge is 0.161 e. The van der Waals surface area contributed by atoms with Gasteiger partial charge in [-0.1, -0.05) is 6.92 Å². The Morgan fingerprint density at radius 3 is 2.95 bits per heavy atom. The second-order valence-electron chi connectivity index (χ2n) is 5.05. The van der Waals surface area contributed by atoms with Crippen LogP contribution in [-0.4, -0.2) is 28.0 Å². The SMILES string of the molecule is CC1=Nc2c(C3=CC(C)C=C(F)C(N)=N3)n[nH]c2CN=C1. The quantitative estimate of drug-likeness (QED) is 0.829. The fourth-order valence-corrected chi connectivity index (χ4v) is 2.22. The van der Waals surface area contributed by atoms with E-state index in [9.17, 15) is 4.39 Å². The Balaban J connectivity index is 2.11. The largest absolute Gasteiger partial charge is 0.381 e. The summed E-state index contributed by atoms with van der Waals surface area (Å²) in [6.45, 7) is 4.19. The molecular weight excluding hydrogens is 271 g/mol. The first-order valence-electron chi connectivity index (χ1n) is 6.61. The van der Waals surface area contributed by atoms with Crippen LogP contribution in [0.3, 0.4) is 0 Å². The number of halogens is 1. The van der Waals surface area contributed by atoms with Crippen molar-refractivity contribution >= 4 is 29.1 Å². The molecule has 1 unspecified atom stereocenters. The van der Waals surface area contributed by atoms with Crippen molar-refractivity contribution in [3.05, 3.63) is 29.4 Å². The van der Waals surface area contributed by atoms with Gasteiger partial charge in [-0.05, 0) is 25.0 Å². The van der Waals surface area contributed by atoms with Crippen molar-refractivity contribution in [3.8, 4) is 0 Å². The summed E-state index contributed by atoms with van der Waals surface area (Å²) in [5.41, 5.74) is 8.98. The minimum atomic E-state index is -0.515. The number of aromatic nitrogens is 2. The predicted octanol–water partition coefficient (Wildman–Crippen LogP) is 2.29. The lowest BCUT2D eigenvalue weighted by Crippen LogP contribution is -2.12. The van der Waals surface area contributed by atoms with E-state index in [-0.39, 0.29) is 11.8 Å². The summed E-state index contributed by atoms with van der Waals surface area (Å²) in [6, 6.07) is 0. The average molecular weight is 286 g/mol. The first kappa shape index (κ1) is 13.4. The molecule has 0 aromatic carbocycles. The van der Waals surface area contributed by atoms with E-state index in [2.05, 4.69) is 25.2 Å². The molecule has 0 bridgehead atoms. The molecule has 0 radical (unpaired) electrons. The zero-order valence-corrected chi connectivity index (χ0v) is 11.8. The molecule has 21 heavy (non-hydrogen) atoms. The molecule has 108 valence electrons. The van der Waals surface area contributed by atoms with Gasteiger partial charge < -0.3 is 5.73 Å². The highest BCUT2D eigenvalue weighted by molar-refractivity contribution is 6.30. The third kappa shape index (κ3) is 2.54. The molecular formula is C14H15FN6. The van der Waals surface area contributed by atoms with E-state index < -0.39 is 5.83 Å². The van der Waals surface area contributed by atoms with E-state index in [1.165, 1.54) is 6.08 Å². The molecule has 3 rings (SSSR count). The first-order valence-corrected chi connectivity index (χ1v) is 6.61. The monoisotopic (exact) mass is 286 g/mol. The summed E-state index contributed by atoms with van der Waals surface area (Å²) in [5.74, 6) is -0.796. The summed E-state index contributed by atoms with van der Waals surface area (Å²) in [4.78, 5) is 12.9. The van der Waals surface area contributed by atoms with Gasteiger partial charge in [0.15, 0.2) is 11.7 Å². The van der Waals surface area contributed by atoms with Crippen LogP contribution in [0.2, 0.25) is 0 Å². The number of hydrogen-bond donors (Lipinski definition) is 2. The molecule has 0 saturated heterocycles. The molecule has 7 heteroatoms. The predicted molar refractivity (Wildman–Crippen MR) is 81.5 cm³/mol. The number of rotatable bonds is 1. The van der Waals surface area contributed by atoms with Gasteiger partial charge in [0.25, 0.3) is 0 Å². The highest BCUT2D eigenvalue weighted by Crippen LogP contribution is 2.32. The standard InChI is InChI=1S/C14H15FN6/c1-7-3-9(15)14(16)19-10(4-7)13-12-11(20-21-13)6-17-5-8(2)18-12/h3-5,7H,6H2,1-2H3,(H2,16,19)(H,20,21). The molecule has 0 aliphatic carbocycles. The van der Waals surface area contributed by atoms with E-state index in [4.69, 9.17) is 5.73 Å². The van der Waals surface area contributed by atoms with E-state index >= 15 is 0 Å². The van der Waals surface area contributed by atoms with Crippen LogP contribution < -0.4 is 5.73 Å². The van der Waals surface area contributed by atoms with E-state index in [0.29, 0.717) is 23.6 Å².